The summed E-state index contributed by atoms with van der Waals surface area (Å²) in [6, 6.07) is 0.796. The maximum Gasteiger partial charge on any atom is 0.189 e. The van der Waals surface area contributed by atoms with Gasteiger partial charge in [-0.25, -0.2) is 4.99 Å². The first-order valence-electron chi connectivity index (χ1n) is 6.60. The van der Waals surface area contributed by atoms with Crippen LogP contribution in [-0.2, 0) is 0 Å². The minimum atomic E-state index is 0.366. The molecule has 2 atom stereocenters. The van der Waals surface area contributed by atoms with Gasteiger partial charge in [-0.1, -0.05) is 26.7 Å². The highest BCUT2D eigenvalue weighted by Gasteiger charge is 2.27. The van der Waals surface area contributed by atoms with Gasteiger partial charge in [0, 0.05) is 6.04 Å². The van der Waals surface area contributed by atoms with E-state index in [1.165, 1.54) is 25.7 Å². The van der Waals surface area contributed by atoms with Gasteiger partial charge in [0.25, 0.3) is 0 Å². The van der Waals surface area contributed by atoms with Crippen molar-refractivity contribution in [2.75, 3.05) is 0 Å². The summed E-state index contributed by atoms with van der Waals surface area (Å²) >= 11 is 0. The Hall–Kier alpha value is -0.730. The average Bonchev–Trinajstić information content (AvgIpc) is 2.16. The van der Waals surface area contributed by atoms with Crippen molar-refractivity contribution in [3.05, 3.63) is 0 Å². The molecule has 1 saturated carbocycles. The van der Waals surface area contributed by atoms with Crippen LogP contribution in [0.15, 0.2) is 4.99 Å². The van der Waals surface area contributed by atoms with E-state index in [4.69, 9.17) is 5.73 Å². The standard InChI is InChI=1S/C13H27N3/c1-9(2)11-7-5-6-8-12(11)16-13(14)15-10(3)4/h9-12H,5-8H2,1-4H3,(H3,14,15,16). The van der Waals surface area contributed by atoms with Crippen molar-refractivity contribution in [1.82, 2.24) is 5.32 Å². The van der Waals surface area contributed by atoms with E-state index < -0.39 is 0 Å². The molecule has 3 heteroatoms. The fourth-order valence-electron chi connectivity index (χ4n) is 2.59. The van der Waals surface area contributed by atoms with E-state index in [1.807, 2.05) is 0 Å². The van der Waals surface area contributed by atoms with Gasteiger partial charge < -0.3 is 11.1 Å². The molecule has 1 rings (SSSR count). The van der Waals surface area contributed by atoms with Gasteiger partial charge in [-0.05, 0) is 38.5 Å². The molecule has 1 aliphatic carbocycles. The maximum atomic E-state index is 5.91. The predicted molar refractivity (Wildman–Crippen MR) is 70.5 cm³/mol. The van der Waals surface area contributed by atoms with Crippen LogP contribution in [0.25, 0.3) is 0 Å². The van der Waals surface area contributed by atoms with E-state index >= 15 is 0 Å². The largest absolute Gasteiger partial charge is 0.370 e. The van der Waals surface area contributed by atoms with Gasteiger partial charge in [-0.3, -0.25) is 0 Å². The number of nitrogens with one attached hydrogen (secondary N) is 1. The first kappa shape index (κ1) is 13.3. The molecule has 3 N–H and O–H groups in total. The summed E-state index contributed by atoms with van der Waals surface area (Å²) in [5.41, 5.74) is 5.91. The van der Waals surface area contributed by atoms with Crippen molar-refractivity contribution in [3.8, 4) is 0 Å². The van der Waals surface area contributed by atoms with Crippen LogP contribution in [-0.4, -0.2) is 18.0 Å². The molecule has 1 aliphatic rings. The van der Waals surface area contributed by atoms with Crippen LogP contribution in [0.1, 0.15) is 53.4 Å². The fourth-order valence-corrected chi connectivity index (χ4v) is 2.59. The summed E-state index contributed by atoms with van der Waals surface area (Å²) in [7, 11) is 0. The second-order valence-electron chi connectivity index (χ2n) is 5.57. The highest BCUT2D eigenvalue weighted by Crippen LogP contribution is 2.32. The molecule has 0 amide bonds. The lowest BCUT2D eigenvalue weighted by Crippen LogP contribution is -2.39. The van der Waals surface area contributed by atoms with Crippen molar-refractivity contribution in [1.29, 1.82) is 0 Å². The van der Waals surface area contributed by atoms with Crippen LogP contribution in [0.2, 0.25) is 0 Å². The summed E-state index contributed by atoms with van der Waals surface area (Å²) in [5, 5.41) is 3.18. The minimum absolute atomic E-state index is 0.366. The molecule has 0 aliphatic heterocycles. The Labute approximate surface area is 99.9 Å². The number of nitrogens with zero attached hydrogens (tertiary/aromatic N) is 1. The van der Waals surface area contributed by atoms with E-state index in [-0.39, 0.29) is 0 Å². The second kappa shape index (κ2) is 6.12. The molecule has 0 aromatic carbocycles. The van der Waals surface area contributed by atoms with Gasteiger partial charge >= 0.3 is 0 Å². The third kappa shape index (κ3) is 4.03. The van der Waals surface area contributed by atoms with Crippen molar-refractivity contribution >= 4 is 5.96 Å². The van der Waals surface area contributed by atoms with Crippen molar-refractivity contribution in [3.63, 3.8) is 0 Å². The molecule has 16 heavy (non-hydrogen) atoms. The highest BCUT2D eigenvalue weighted by atomic mass is 15.1. The smallest absolute Gasteiger partial charge is 0.189 e. The molecular formula is C13H27N3. The minimum Gasteiger partial charge on any atom is -0.370 e. The van der Waals surface area contributed by atoms with Crippen LogP contribution in [0.4, 0.5) is 0 Å². The Morgan fingerprint density at radius 1 is 1.19 bits per heavy atom. The third-order valence-electron chi connectivity index (χ3n) is 3.38. The SMILES string of the molecule is CC(C)NC(N)=NC1CCCCC1C(C)C. The zero-order valence-electron chi connectivity index (χ0n) is 11.2. The van der Waals surface area contributed by atoms with Crippen molar-refractivity contribution in [2.24, 2.45) is 22.6 Å². The first-order chi connectivity index (χ1) is 7.50. The number of nitrogens with two attached hydrogens (primary N) is 1. The van der Waals surface area contributed by atoms with E-state index in [0.717, 1.165) is 0 Å². The normalized spacial score (nSPS) is 27.5. The number of rotatable bonds is 3. The van der Waals surface area contributed by atoms with Gasteiger partial charge in [0.1, 0.15) is 0 Å². The van der Waals surface area contributed by atoms with Crippen LogP contribution in [0, 0.1) is 11.8 Å². The maximum absolute atomic E-state index is 5.91. The molecule has 0 radical (unpaired) electrons. The predicted octanol–water partition coefficient (Wildman–Crippen LogP) is 2.51. The molecular weight excluding hydrogens is 198 g/mol. The van der Waals surface area contributed by atoms with Gasteiger partial charge in [-0.2, -0.15) is 0 Å². The molecule has 0 aromatic rings. The number of aliphatic imine (C=N–C) groups is 1. The van der Waals surface area contributed by atoms with E-state index in [1.54, 1.807) is 0 Å². The zero-order chi connectivity index (χ0) is 12.1. The number of guanidine groups is 1. The summed E-state index contributed by atoms with van der Waals surface area (Å²) in [6.45, 7) is 8.77. The van der Waals surface area contributed by atoms with Gasteiger partial charge in [0.05, 0.1) is 6.04 Å². The lowest BCUT2D eigenvalue weighted by atomic mass is 9.78. The Kier molecular flexibility index (Phi) is 5.10. The molecule has 0 spiro atoms. The molecule has 94 valence electrons. The Morgan fingerprint density at radius 2 is 1.81 bits per heavy atom. The van der Waals surface area contributed by atoms with Gasteiger partial charge in [-0.15, -0.1) is 0 Å². The van der Waals surface area contributed by atoms with Crippen LogP contribution < -0.4 is 11.1 Å². The van der Waals surface area contributed by atoms with E-state index in [2.05, 4.69) is 38.0 Å². The molecule has 0 heterocycles. The number of hydrogen-bond donors (Lipinski definition) is 2. The molecule has 3 nitrogen and oxygen atoms in total. The first-order valence-corrected chi connectivity index (χ1v) is 6.60. The van der Waals surface area contributed by atoms with Crippen LogP contribution in [0.3, 0.4) is 0 Å². The molecule has 0 saturated heterocycles. The lowest BCUT2D eigenvalue weighted by molar-refractivity contribution is 0.241. The van der Waals surface area contributed by atoms with Crippen molar-refractivity contribution in [2.45, 2.75) is 65.5 Å². The Morgan fingerprint density at radius 3 is 2.38 bits per heavy atom. The Balaban J connectivity index is 2.61. The van der Waals surface area contributed by atoms with Gasteiger partial charge in [0.15, 0.2) is 5.96 Å². The third-order valence-corrected chi connectivity index (χ3v) is 3.38. The molecule has 0 aromatic heterocycles. The quantitative estimate of drug-likeness (QED) is 0.573. The summed E-state index contributed by atoms with van der Waals surface area (Å²) in [4.78, 5) is 4.66. The second-order valence-corrected chi connectivity index (χ2v) is 5.57. The lowest BCUT2D eigenvalue weighted by Gasteiger charge is -2.32. The fraction of sp³-hybridized carbons (Fsp3) is 0.923. The molecule has 1 fully saturated rings. The van der Waals surface area contributed by atoms with Crippen LogP contribution >= 0.6 is 0 Å². The summed E-state index contributed by atoms with van der Waals surface area (Å²) < 4.78 is 0. The van der Waals surface area contributed by atoms with Gasteiger partial charge in [0.2, 0.25) is 0 Å². The van der Waals surface area contributed by atoms with Crippen LogP contribution in [0.5, 0.6) is 0 Å². The van der Waals surface area contributed by atoms with E-state index in [0.29, 0.717) is 29.9 Å². The monoisotopic (exact) mass is 225 g/mol. The highest BCUT2D eigenvalue weighted by molar-refractivity contribution is 5.78. The molecule has 2 unspecified atom stereocenters. The van der Waals surface area contributed by atoms with Crippen molar-refractivity contribution < 1.29 is 0 Å². The Bertz CT molecular complexity index is 233. The number of hydrogen-bond acceptors (Lipinski definition) is 1. The topological polar surface area (TPSA) is 50.4 Å². The summed E-state index contributed by atoms with van der Waals surface area (Å²) in [6.07, 6.45) is 5.16. The van der Waals surface area contributed by atoms with E-state index in [9.17, 15) is 0 Å². The molecule has 0 bridgehead atoms. The zero-order valence-corrected chi connectivity index (χ0v) is 11.2. The summed E-state index contributed by atoms with van der Waals surface area (Å²) in [5.74, 6) is 2.04. The average molecular weight is 225 g/mol.